The van der Waals surface area contributed by atoms with Crippen LogP contribution in [-0.4, -0.2) is 30.1 Å². The summed E-state index contributed by atoms with van der Waals surface area (Å²) in [5.41, 5.74) is 0.646. The molecular weight excluding hydrogens is 224 g/mol. The minimum Gasteiger partial charge on any atom is -0.464 e. The van der Waals surface area contributed by atoms with E-state index < -0.39 is 23.5 Å². The highest BCUT2D eigenvalue weighted by atomic mass is 16.6. The highest BCUT2D eigenvalue weighted by Crippen LogP contribution is 2.08. The number of para-hydroxylation sites is 1. The van der Waals surface area contributed by atoms with E-state index in [4.69, 9.17) is 4.74 Å². The fourth-order valence-electron chi connectivity index (χ4n) is 1.31. The maximum absolute atomic E-state index is 11.5. The van der Waals surface area contributed by atoms with Crippen LogP contribution in [0.25, 0.3) is 0 Å². The summed E-state index contributed by atoms with van der Waals surface area (Å²) in [5.74, 6) is -0.618. The third kappa shape index (κ3) is 4.50. The van der Waals surface area contributed by atoms with Crippen LogP contribution >= 0.6 is 0 Å². The summed E-state index contributed by atoms with van der Waals surface area (Å²) in [5, 5.41) is 13.2. The molecule has 0 aromatic heterocycles. The highest BCUT2D eigenvalue weighted by molar-refractivity contribution is 5.79. The lowest BCUT2D eigenvalue weighted by Gasteiger charge is -2.14. The van der Waals surface area contributed by atoms with Crippen molar-refractivity contribution in [1.82, 2.24) is 0 Å². The molecule has 1 rings (SSSR count). The number of ether oxygens (including phenoxy) is 1. The Morgan fingerprint density at radius 2 is 2.12 bits per heavy atom. The number of anilines is 1. The lowest BCUT2D eigenvalue weighted by Crippen LogP contribution is -2.37. The molecule has 0 saturated heterocycles. The van der Waals surface area contributed by atoms with Crippen LogP contribution in [0, 0.1) is 10.1 Å². The minimum atomic E-state index is -0.965. The molecule has 1 N–H and O–H groups in total. The average molecular weight is 238 g/mol. The largest absolute Gasteiger partial charge is 0.464 e. The summed E-state index contributed by atoms with van der Waals surface area (Å²) in [6.07, 6.45) is 0. The van der Waals surface area contributed by atoms with Gasteiger partial charge in [0.15, 0.2) is 6.04 Å². The molecule has 0 aliphatic carbocycles. The summed E-state index contributed by atoms with van der Waals surface area (Å²) in [6, 6.07) is 7.86. The van der Waals surface area contributed by atoms with Gasteiger partial charge in [0.25, 0.3) is 0 Å². The van der Waals surface area contributed by atoms with Gasteiger partial charge in [-0.15, -0.1) is 0 Å². The number of hydrogen-bond acceptors (Lipinski definition) is 5. The van der Waals surface area contributed by atoms with E-state index in [0.29, 0.717) is 5.69 Å². The van der Waals surface area contributed by atoms with Crippen LogP contribution in [0.4, 0.5) is 5.69 Å². The van der Waals surface area contributed by atoms with Crippen LogP contribution in [0.5, 0.6) is 0 Å². The van der Waals surface area contributed by atoms with E-state index in [2.05, 4.69) is 5.32 Å². The van der Waals surface area contributed by atoms with Gasteiger partial charge >= 0.3 is 5.97 Å². The summed E-state index contributed by atoms with van der Waals surface area (Å²) >= 11 is 0. The zero-order valence-corrected chi connectivity index (χ0v) is 9.46. The number of carbonyl (C=O) groups is 1. The Labute approximate surface area is 98.7 Å². The van der Waals surface area contributed by atoms with Crippen LogP contribution in [0.3, 0.4) is 0 Å². The lowest BCUT2D eigenvalue weighted by atomic mass is 10.2. The highest BCUT2D eigenvalue weighted by Gasteiger charge is 2.25. The van der Waals surface area contributed by atoms with Crippen molar-refractivity contribution in [3.8, 4) is 0 Å². The number of nitrogens with zero attached hydrogens (tertiary/aromatic N) is 1. The van der Waals surface area contributed by atoms with Gasteiger partial charge in [-0.1, -0.05) is 18.2 Å². The first-order valence-corrected chi connectivity index (χ1v) is 5.23. The van der Waals surface area contributed by atoms with E-state index in [1.807, 2.05) is 6.07 Å². The molecule has 0 bridgehead atoms. The molecule has 6 nitrogen and oxygen atoms in total. The smallest absolute Gasteiger partial charge is 0.335 e. The number of carbonyl (C=O) groups excluding carboxylic acids is 1. The molecule has 0 heterocycles. The number of hydrogen-bond donors (Lipinski definition) is 1. The SMILES string of the molecule is CCOC(=O)C(C[N+](=O)[O-])Nc1ccccc1. The maximum Gasteiger partial charge on any atom is 0.335 e. The zero-order chi connectivity index (χ0) is 12.7. The van der Waals surface area contributed by atoms with E-state index in [1.165, 1.54) is 0 Å². The van der Waals surface area contributed by atoms with Gasteiger partial charge in [-0.25, -0.2) is 4.79 Å². The zero-order valence-electron chi connectivity index (χ0n) is 9.46. The van der Waals surface area contributed by atoms with Gasteiger partial charge in [-0.3, -0.25) is 10.1 Å². The van der Waals surface area contributed by atoms with E-state index >= 15 is 0 Å². The van der Waals surface area contributed by atoms with E-state index in [9.17, 15) is 14.9 Å². The molecule has 0 aliphatic rings. The first-order chi connectivity index (χ1) is 8.13. The normalized spacial score (nSPS) is 11.6. The van der Waals surface area contributed by atoms with Crippen LogP contribution in [0.15, 0.2) is 30.3 Å². The van der Waals surface area contributed by atoms with Crippen molar-refractivity contribution in [3.05, 3.63) is 40.4 Å². The van der Waals surface area contributed by atoms with E-state index in [-0.39, 0.29) is 6.61 Å². The molecule has 6 heteroatoms. The summed E-state index contributed by atoms with van der Waals surface area (Å²) in [4.78, 5) is 21.4. The molecule has 0 radical (unpaired) electrons. The summed E-state index contributed by atoms with van der Waals surface area (Å²) < 4.78 is 4.77. The summed E-state index contributed by atoms with van der Waals surface area (Å²) in [6.45, 7) is 1.35. The Balaban J connectivity index is 2.70. The average Bonchev–Trinajstić information content (AvgIpc) is 2.29. The molecule has 1 aromatic carbocycles. The molecule has 0 amide bonds. The second-order valence-corrected chi connectivity index (χ2v) is 3.33. The number of nitrogens with one attached hydrogen (secondary N) is 1. The van der Waals surface area contributed by atoms with Crippen LogP contribution < -0.4 is 5.32 Å². The number of benzene rings is 1. The quantitative estimate of drug-likeness (QED) is 0.459. The molecular formula is C11H14N2O4. The van der Waals surface area contributed by atoms with Crippen molar-refractivity contribution in [2.75, 3.05) is 18.5 Å². The van der Waals surface area contributed by atoms with Crippen LogP contribution in [0.2, 0.25) is 0 Å². The predicted octanol–water partition coefficient (Wildman–Crippen LogP) is 1.31. The molecule has 0 saturated carbocycles. The topological polar surface area (TPSA) is 81.5 Å². The Hall–Kier alpha value is -2.11. The fourth-order valence-corrected chi connectivity index (χ4v) is 1.31. The Morgan fingerprint density at radius 3 is 2.65 bits per heavy atom. The first kappa shape index (κ1) is 13.0. The van der Waals surface area contributed by atoms with E-state index in [1.54, 1.807) is 31.2 Å². The number of esters is 1. The number of nitro groups is 1. The van der Waals surface area contributed by atoms with Gasteiger partial charge in [0.2, 0.25) is 6.54 Å². The first-order valence-electron chi connectivity index (χ1n) is 5.23. The minimum absolute atomic E-state index is 0.198. The van der Waals surface area contributed by atoms with Gasteiger partial charge in [0, 0.05) is 10.6 Å². The predicted molar refractivity (Wildman–Crippen MR) is 62.3 cm³/mol. The Kier molecular flexibility index (Phi) is 4.93. The molecule has 1 unspecified atom stereocenters. The van der Waals surface area contributed by atoms with E-state index in [0.717, 1.165) is 0 Å². The Bertz CT molecular complexity index is 380. The summed E-state index contributed by atoms with van der Waals surface area (Å²) in [7, 11) is 0. The third-order valence-corrected chi connectivity index (χ3v) is 2.02. The standard InChI is InChI=1S/C11H14N2O4/c1-2-17-11(14)10(8-13(15)16)12-9-6-4-3-5-7-9/h3-7,10,12H,2,8H2,1H3. The molecule has 1 aromatic rings. The molecule has 0 aliphatic heterocycles. The monoisotopic (exact) mass is 238 g/mol. The third-order valence-electron chi connectivity index (χ3n) is 2.02. The maximum atomic E-state index is 11.5. The molecule has 0 fully saturated rings. The molecule has 0 spiro atoms. The van der Waals surface area contributed by atoms with Crippen LogP contribution in [-0.2, 0) is 9.53 Å². The van der Waals surface area contributed by atoms with Gasteiger partial charge in [-0.05, 0) is 19.1 Å². The second-order valence-electron chi connectivity index (χ2n) is 3.33. The molecule has 92 valence electrons. The van der Waals surface area contributed by atoms with Crippen molar-refractivity contribution < 1.29 is 14.5 Å². The van der Waals surface area contributed by atoms with Gasteiger partial charge in [0.1, 0.15) is 0 Å². The van der Waals surface area contributed by atoms with Crippen molar-refractivity contribution in [2.24, 2.45) is 0 Å². The van der Waals surface area contributed by atoms with Gasteiger partial charge in [-0.2, -0.15) is 0 Å². The van der Waals surface area contributed by atoms with Crippen molar-refractivity contribution in [3.63, 3.8) is 0 Å². The van der Waals surface area contributed by atoms with Crippen molar-refractivity contribution in [2.45, 2.75) is 13.0 Å². The molecule has 1 atom stereocenters. The lowest BCUT2D eigenvalue weighted by molar-refractivity contribution is -0.480. The second kappa shape index (κ2) is 6.47. The van der Waals surface area contributed by atoms with Crippen LogP contribution in [0.1, 0.15) is 6.92 Å². The fraction of sp³-hybridized carbons (Fsp3) is 0.364. The van der Waals surface area contributed by atoms with Gasteiger partial charge < -0.3 is 10.1 Å². The van der Waals surface area contributed by atoms with Crippen molar-refractivity contribution >= 4 is 11.7 Å². The van der Waals surface area contributed by atoms with Crippen molar-refractivity contribution in [1.29, 1.82) is 0 Å². The number of rotatable bonds is 6. The molecule has 17 heavy (non-hydrogen) atoms. The Morgan fingerprint density at radius 1 is 1.47 bits per heavy atom. The van der Waals surface area contributed by atoms with Gasteiger partial charge in [0.05, 0.1) is 6.61 Å².